The van der Waals surface area contributed by atoms with Crippen LogP contribution >= 0.6 is 0 Å². The molecule has 2 aliphatic heterocycles. The molecule has 3 rings (SSSR count). The standard InChI is InChI=1S/C14H17N5O2/c15-8-11-1-2-13(14(7-11)19(20)21)18-5-3-17(4-6-18)12-9-16-10-12/h1-2,7,12,16H,3-6,9-10H2. The number of nitriles is 1. The number of anilines is 1. The highest BCUT2D eigenvalue weighted by molar-refractivity contribution is 5.65. The summed E-state index contributed by atoms with van der Waals surface area (Å²) in [4.78, 5) is 15.3. The van der Waals surface area contributed by atoms with Gasteiger partial charge in [-0.15, -0.1) is 0 Å². The molecule has 0 aromatic heterocycles. The van der Waals surface area contributed by atoms with Crippen LogP contribution in [0.15, 0.2) is 18.2 Å². The molecule has 7 nitrogen and oxygen atoms in total. The number of nitro benzene ring substituents is 1. The van der Waals surface area contributed by atoms with Gasteiger partial charge in [-0.05, 0) is 12.1 Å². The Balaban J connectivity index is 1.75. The lowest BCUT2D eigenvalue weighted by molar-refractivity contribution is -0.384. The van der Waals surface area contributed by atoms with Gasteiger partial charge in [0, 0.05) is 51.4 Å². The van der Waals surface area contributed by atoms with E-state index in [1.165, 1.54) is 6.07 Å². The lowest BCUT2D eigenvalue weighted by Crippen LogP contribution is -2.61. The van der Waals surface area contributed by atoms with Gasteiger partial charge in [0.1, 0.15) is 5.69 Å². The van der Waals surface area contributed by atoms with Gasteiger partial charge >= 0.3 is 0 Å². The molecule has 0 aliphatic carbocycles. The van der Waals surface area contributed by atoms with Crippen molar-refractivity contribution >= 4 is 11.4 Å². The van der Waals surface area contributed by atoms with Crippen LogP contribution in [0, 0.1) is 21.4 Å². The molecule has 2 saturated heterocycles. The maximum Gasteiger partial charge on any atom is 0.293 e. The molecule has 1 aromatic rings. The zero-order valence-corrected chi connectivity index (χ0v) is 11.7. The molecular formula is C14H17N5O2. The third kappa shape index (κ3) is 2.68. The molecular weight excluding hydrogens is 270 g/mol. The first-order valence-corrected chi connectivity index (χ1v) is 7.07. The third-order valence-corrected chi connectivity index (χ3v) is 4.23. The maximum absolute atomic E-state index is 11.2. The van der Waals surface area contributed by atoms with Gasteiger partial charge in [-0.25, -0.2) is 0 Å². The summed E-state index contributed by atoms with van der Waals surface area (Å²) in [6, 6.07) is 7.26. The van der Waals surface area contributed by atoms with Crippen LogP contribution in [0.1, 0.15) is 5.56 Å². The lowest BCUT2D eigenvalue weighted by atomic mass is 10.1. The molecule has 0 atom stereocenters. The largest absolute Gasteiger partial charge is 0.363 e. The molecule has 1 aromatic carbocycles. The van der Waals surface area contributed by atoms with Crippen LogP contribution in [0.5, 0.6) is 0 Å². The van der Waals surface area contributed by atoms with Gasteiger partial charge in [0.05, 0.1) is 16.6 Å². The minimum absolute atomic E-state index is 0.0211. The second kappa shape index (κ2) is 5.68. The number of nitro groups is 1. The van der Waals surface area contributed by atoms with Crippen LogP contribution in [0.3, 0.4) is 0 Å². The third-order valence-electron chi connectivity index (χ3n) is 4.23. The van der Waals surface area contributed by atoms with Gasteiger partial charge in [0.2, 0.25) is 0 Å². The molecule has 0 spiro atoms. The summed E-state index contributed by atoms with van der Waals surface area (Å²) in [5.74, 6) is 0. The molecule has 0 radical (unpaired) electrons. The number of hydrogen-bond acceptors (Lipinski definition) is 6. The molecule has 0 bridgehead atoms. The first-order valence-electron chi connectivity index (χ1n) is 7.07. The Labute approximate surface area is 122 Å². The highest BCUT2D eigenvalue weighted by Crippen LogP contribution is 2.30. The van der Waals surface area contributed by atoms with Crippen molar-refractivity contribution in [2.24, 2.45) is 0 Å². The molecule has 1 N–H and O–H groups in total. The van der Waals surface area contributed by atoms with E-state index in [2.05, 4.69) is 10.2 Å². The Morgan fingerprint density at radius 3 is 2.52 bits per heavy atom. The Morgan fingerprint density at radius 2 is 2.00 bits per heavy atom. The zero-order chi connectivity index (χ0) is 14.8. The van der Waals surface area contributed by atoms with Crippen molar-refractivity contribution < 1.29 is 4.92 Å². The summed E-state index contributed by atoms with van der Waals surface area (Å²) in [6.07, 6.45) is 0. The van der Waals surface area contributed by atoms with Gasteiger partial charge < -0.3 is 10.2 Å². The molecule has 2 fully saturated rings. The highest BCUT2D eigenvalue weighted by Gasteiger charge is 2.29. The van der Waals surface area contributed by atoms with Gasteiger partial charge in [0.15, 0.2) is 0 Å². The fourth-order valence-corrected chi connectivity index (χ4v) is 2.87. The smallest absolute Gasteiger partial charge is 0.293 e. The lowest BCUT2D eigenvalue weighted by Gasteiger charge is -2.43. The van der Waals surface area contributed by atoms with E-state index in [0.717, 1.165) is 39.3 Å². The first-order chi connectivity index (χ1) is 10.2. The molecule has 2 heterocycles. The minimum Gasteiger partial charge on any atom is -0.363 e. The van der Waals surface area contributed by atoms with Crippen LogP contribution in [0.4, 0.5) is 11.4 Å². The highest BCUT2D eigenvalue weighted by atomic mass is 16.6. The van der Waals surface area contributed by atoms with Gasteiger partial charge in [-0.2, -0.15) is 5.26 Å². The van der Waals surface area contributed by atoms with E-state index in [9.17, 15) is 10.1 Å². The van der Waals surface area contributed by atoms with Crippen molar-refractivity contribution in [1.29, 1.82) is 5.26 Å². The summed E-state index contributed by atoms with van der Waals surface area (Å²) in [7, 11) is 0. The topological polar surface area (TPSA) is 85.4 Å². The monoisotopic (exact) mass is 287 g/mol. The van der Waals surface area contributed by atoms with E-state index >= 15 is 0 Å². The van der Waals surface area contributed by atoms with Crippen molar-refractivity contribution in [3.05, 3.63) is 33.9 Å². The average Bonchev–Trinajstić information content (AvgIpc) is 2.45. The number of nitrogens with zero attached hydrogens (tertiary/aromatic N) is 4. The summed E-state index contributed by atoms with van der Waals surface area (Å²) >= 11 is 0. The Morgan fingerprint density at radius 1 is 1.29 bits per heavy atom. The van der Waals surface area contributed by atoms with E-state index in [1.54, 1.807) is 12.1 Å². The SMILES string of the molecule is N#Cc1ccc(N2CCN(C3CNC3)CC2)c([N+](=O)[O-])c1. The van der Waals surface area contributed by atoms with E-state index < -0.39 is 4.92 Å². The minimum atomic E-state index is -0.404. The van der Waals surface area contributed by atoms with Gasteiger partial charge in [0.25, 0.3) is 5.69 Å². The van der Waals surface area contributed by atoms with Crippen LogP contribution in [0.2, 0.25) is 0 Å². The fraction of sp³-hybridized carbons (Fsp3) is 0.500. The average molecular weight is 287 g/mol. The van der Waals surface area contributed by atoms with E-state index in [4.69, 9.17) is 5.26 Å². The van der Waals surface area contributed by atoms with E-state index in [-0.39, 0.29) is 5.69 Å². The van der Waals surface area contributed by atoms with Gasteiger partial charge in [-0.3, -0.25) is 15.0 Å². The number of rotatable bonds is 3. The van der Waals surface area contributed by atoms with Crippen molar-refractivity contribution in [3.63, 3.8) is 0 Å². The number of nitrogens with one attached hydrogen (secondary N) is 1. The Bertz CT molecular complexity index is 586. The molecule has 0 saturated carbocycles. The molecule has 21 heavy (non-hydrogen) atoms. The van der Waals surface area contributed by atoms with Crippen molar-refractivity contribution in [3.8, 4) is 6.07 Å². The summed E-state index contributed by atoms with van der Waals surface area (Å²) < 4.78 is 0. The Hall–Kier alpha value is -2.17. The van der Waals surface area contributed by atoms with Crippen molar-refractivity contribution in [2.45, 2.75) is 6.04 Å². The van der Waals surface area contributed by atoms with E-state index in [1.807, 2.05) is 11.0 Å². The van der Waals surface area contributed by atoms with Crippen LogP contribution in [-0.4, -0.2) is 55.1 Å². The van der Waals surface area contributed by atoms with E-state index in [0.29, 0.717) is 17.3 Å². The van der Waals surface area contributed by atoms with Gasteiger partial charge in [-0.1, -0.05) is 0 Å². The molecule has 2 aliphatic rings. The van der Waals surface area contributed by atoms with Crippen LogP contribution in [0.25, 0.3) is 0 Å². The summed E-state index contributed by atoms with van der Waals surface area (Å²) in [5.41, 5.74) is 0.961. The normalized spacial score (nSPS) is 19.9. The van der Waals surface area contributed by atoms with Crippen molar-refractivity contribution in [2.75, 3.05) is 44.2 Å². The molecule has 7 heteroatoms. The second-order valence-electron chi connectivity index (χ2n) is 5.41. The zero-order valence-electron chi connectivity index (χ0n) is 11.7. The predicted molar refractivity (Wildman–Crippen MR) is 78.3 cm³/mol. The predicted octanol–water partition coefficient (Wildman–Crippen LogP) is 0.560. The molecule has 0 unspecified atom stereocenters. The molecule has 0 amide bonds. The summed E-state index contributed by atoms with van der Waals surface area (Å²) in [5, 5.41) is 23.3. The molecule has 110 valence electrons. The number of benzene rings is 1. The second-order valence-corrected chi connectivity index (χ2v) is 5.41. The van der Waals surface area contributed by atoms with Crippen LogP contribution < -0.4 is 10.2 Å². The quantitative estimate of drug-likeness (QED) is 0.646. The summed E-state index contributed by atoms with van der Waals surface area (Å²) in [6.45, 7) is 5.48. The van der Waals surface area contributed by atoms with Crippen LogP contribution in [-0.2, 0) is 0 Å². The first kappa shape index (κ1) is 13.8. The fourth-order valence-electron chi connectivity index (χ4n) is 2.87. The van der Waals surface area contributed by atoms with Crippen molar-refractivity contribution in [1.82, 2.24) is 10.2 Å². The number of piperazine rings is 1. The number of hydrogen-bond donors (Lipinski definition) is 1. The maximum atomic E-state index is 11.2. The Kier molecular flexibility index (Phi) is 3.73.